The van der Waals surface area contributed by atoms with Crippen LogP contribution < -0.4 is 0 Å². The van der Waals surface area contributed by atoms with E-state index in [0.717, 1.165) is 23.5 Å². The molecule has 0 aliphatic carbocycles. The second kappa shape index (κ2) is 4.94. The topological polar surface area (TPSA) is 38.0 Å². The van der Waals surface area contributed by atoms with Crippen LogP contribution in [0.2, 0.25) is 0 Å². The first-order valence-corrected chi connectivity index (χ1v) is 6.27. The Labute approximate surface area is 108 Å². The molecule has 1 heterocycles. The normalized spacial score (nSPS) is 12.7. The van der Waals surface area contributed by atoms with Crippen LogP contribution in [0.3, 0.4) is 0 Å². The lowest BCUT2D eigenvalue weighted by atomic mass is 10.1. The second-order valence-electron chi connectivity index (χ2n) is 4.84. The maximum Gasteiger partial charge on any atom is 0.0797 e. The van der Waals surface area contributed by atoms with Gasteiger partial charge >= 0.3 is 0 Å². The van der Waals surface area contributed by atoms with Gasteiger partial charge in [0.1, 0.15) is 0 Å². The number of hydrogen-bond donors (Lipinski definition) is 1. The maximum absolute atomic E-state index is 9.77. The fourth-order valence-corrected chi connectivity index (χ4v) is 2.42. The van der Waals surface area contributed by atoms with Gasteiger partial charge in [0.25, 0.3) is 0 Å². The standard InChI is InChI=1S/C15H20N2O/c1-10-7-5-6-8-14(10)9-17-12(3)15(13(4)18)11(2)16-17/h5-8,13,18H,9H2,1-4H3. The molecule has 96 valence electrons. The van der Waals surface area contributed by atoms with Crippen molar-refractivity contribution in [2.75, 3.05) is 0 Å². The number of nitrogens with zero attached hydrogens (tertiary/aromatic N) is 2. The molecular formula is C15H20N2O. The summed E-state index contributed by atoms with van der Waals surface area (Å²) in [4.78, 5) is 0. The Morgan fingerprint density at radius 1 is 1.22 bits per heavy atom. The van der Waals surface area contributed by atoms with Crippen LogP contribution in [0.4, 0.5) is 0 Å². The van der Waals surface area contributed by atoms with E-state index in [1.54, 1.807) is 6.92 Å². The van der Waals surface area contributed by atoms with E-state index >= 15 is 0 Å². The SMILES string of the molecule is Cc1ccccc1Cn1nc(C)c(C(C)O)c1C. The van der Waals surface area contributed by atoms with E-state index in [-0.39, 0.29) is 0 Å². The largest absolute Gasteiger partial charge is 0.389 e. The van der Waals surface area contributed by atoms with Crippen molar-refractivity contribution in [3.63, 3.8) is 0 Å². The average molecular weight is 244 g/mol. The van der Waals surface area contributed by atoms with Crippen molar-refractivity contribution >= 4 is 0 Å². The van der Waals surface area contributed by atoms with Crippen molar-refractivity contribution in [3.05, 3.63) is 52.3 Å². The van der Waals surface area contributed by atoms with E-state index in [1.807, 2.05) is 30.7 Å². The number of aliphatic hydroxyl groups excluding tert-OH is 1. The molecule has 18 heavy (non-hydrogen) atoms. The van der Waals surface area contributed by atoms with Crippen molar-refractivity contribution in [1.29, 1.82) is 0 Å². The minimum absolute atomic E-state index is 0.462. The van der Waals surface area contributed by atoms with Crippen LogP contribution in [-0.4, -0.2) is 14.9 Å². The van der Waals surface area contributed by atoms with Crippen molar-refractivity contribution < 1.29 is 5.11 Å². The third-order valence-electron chi connectivity index (χ3n) is 3.44. The Morgan fingerprint density at radius 2 is 1.89 bits per heavy atom. The minimum Gasteiger partial charge on any atom is -0.389 e. The highest BCUT2D eigenvalue weighted by Crippen LogP contribution is 2.22. The fraction of sp³-hybridized carbons (Fsp3) is 0.400. The third kappa shape index (κ3) is 2.31. The van der Waals surface area contributed by atoms with Gasteiger partial charge in [-0.25, -0.2) is 0 Å². The molecule has 0 radical (unpaired) electrons. The molecule has 2 rings (SSSR count). The number of hydrogen-bond acceptors (Lipinski definition) is 2. The summed E-state index contributed by atoms with van der Waals surface area (Å²) in [6.45, 7) is 8.61. The van der Waals surface area contributed by atoms with Crippen LogP contribution in [0.1, 0.15) is 41.1 Å². The van der Waals surface area contributed by atoms with E-state index in [0.29, 0.717) is 0 Å². The molecule has 0 amide bonds. The highest BCUT2D eigenvalue weighted by atomic mass is 16.3. The van der Waals surface area contributed by atoms with Gasteiger partial charge < -0.3 is 5.11 Å². The van der Waals surface area contributed by atoms with Crippen molar-refractivity contribution in [2.24, 2.45) is 0 Å². The summed E-state index contributed by atoms with van der Waals surface area (Å²) < 4.78 is 1.97. The van der Waals surface area contributed by atoms with Crippen LogP contribution in [0.25, 0.3) is 0 Å². The van der Waals surface area contributed by atoms with Gasteiger partial charge in [-0.2, -0.15) is 5.10 Å². The van der Waals surface area contributed by atoms with Crippen molar-refractivity contribution in [3.8, 4) is 0 Å². The molecule has 3 nitrogen and oxygen atoms in total. The van der Waals surface area contributed by atoms with Gasteiger partial charge in [0, 0.05) is 11.3 Å². The predicted molar refractivity (Wildman–Crippen MR) is 72.6 cm³/mol. The first kappa shape index (κ1) is 12.8. The summed E-state index contributed by atoms with van der Waals surface area (Å²) in [6.07, 6.45) is -0.462. The Morgan fingerprint density at radius 3 is 2.44 bits per heavy atom. The van der Waals surface area contributed by atoms with Gasteiger partial charge in [-0.05, 0) is 38.8 Å². The Hall–Kier alpha value is -1.61. The summed E-state index contributed by atoms with van der Waals surface area (Å²) in [7, 11) is 0. The molecule has 0 bridgehead atoms. The molecule has 1 aromatic heterocycles. The zero-order valence-electron chi connectivity index (χ0n) is 11.4. The molecule has 1 atom stereocenters. The first-order valence-electron chi connectivity index (χ1n) is 6.27. The van der Waals surface area contributed by atoms with Gasteiger partial charge in [-0.15, -0.1) is 0 Å². The summed E-state index contributed by atoms with van der Waals surface area (Å²) in [5.41, 5.74) is 5.44. The molecule has 0 fully saturated rings. The summed E-state index contributed by atoms with van der Waals surface area (Å²) in [6, 6.07) is 8.31. The second-order valence-corrected chi connectivity index (χ2v) is 4.84. The lowest BCUT2D eigenvalue weighted by Crippen LogP contribution is -2.06. The van der Waals surface area contributed by atoms with Gasteiger partial charge in [0.05, 0.1) is 18.3 Å². The Kier molecular flexibility index (Phi) is 3.53. The molecule has 2 aromatic rings. The summed E-state index contributed by atoms with van der Waals surface area (Å²) >= 11 is 0. The summed E-state index contributed by atoms with van der Waals surface area (Å²) in [5, 5.41) is 14.3. The van der Waals surface area contributed by atoms with Crippen LogP contribution in [0, 0.1) is 20.8 Å². The quantitative estimate of drug-likeness (QED) is 0.901. The fourth-order valence-electron chi connectivity index (χ4n) is 2.42. The molecule has 1 unspecified atom stereocenters. The number of aromatic nitrogens is 2. The van der Waals surface area contributed by atoms with Gasteiger partial charge in [0.15, 0.2) is 0 Å². The highest BCUT2D eigenvalue weighted by molar-refractivity contribution is 5.30. The van der Waals surface area contributed by atoms with Crippen molar-refractivity contribution in [2.45, 2.75) is 40.3 Å². The summed E-state index contributed by atoms with van der Waals surface area (Å²) in [5.74, 6) is 0. The zero-order chi connectivity index (χ0) is 13.3. The van der Waals surface area contributed by atoms with Gasteiger partial charge in [-0.1, -0.05) is 24.3 Å². The molecule has 3 heteroatoms. The lowest BCUT2D eigenvalue weighted by molar-refractivity contribution is 0.197. The maximum atomic E-state index is 9.77. The Bertz CT molecular complexity index is 556. The molecule has 1 aromatic carbocycles. The third-order valence-corrected chi connectivity index (χ3v) is 3.44. The van der Waals surface area contributed by atoms with Crippen LogP contribution in [0.15, 0.2) is 24.3 Å². The number of aryl methyl sites for hydroxylation is 2. The molecule has 0 saturated carbocycles. The number of aliphatic hydroxyl groups is 1. The Balaban J connectivity index is 2.36. The van der Waals surface area contributed by atoms with E-state index in [9.17, 15) is 5.11 Å². The van der Waals surface area contributed by atoms with Crippen LogP contribution in [0.5, 0.6) is 0 Å². The molecule has 0 saturated heterocycles. The van der Waals surface area contributed by atoms with Crippen LogP contribution >= 0.6 is 0 Å². The molecule has 1 N–H and O–H groups in total. The van der Waals surface area contributed by atoms with Gasteiger partial charge in [0.2, 0.25) is 0 Å². The van der Waals surface area contributed by atoms with E-state index < -0.39 is 6.10 Å². The molecule has 0 spiro atoms. The molecule has 0 aliphatic heterocycles. The number of benzene rings is 1. The zero-order valence-corrected chi connectivity index (χ0v) is 11.4. The van der Waals surface area contributed by atoms with Crippen molar-refractivity contribution in [1.82, 2.24) is 9.78 Å². The van der Waals surface area contributed by atoms with E-state index in [4.69, 9.17) is 0 Å². The highest BCUT2D eigenvalue weighted by Gasteiger charge is 2.15. The van der Waals surface area contributed by atoms with E-state index in [1.165, 1.54) is 11.1 Å². The van der Waals surface area contributed by atoms with Crippen LogP contribution in [-0.2, 0) is 6.54 Å². The molecular weight excluding hydrogens is 224 g/mol. The first-order chi connectivity index (χ1) is 8.50. The monoisotopic (exact) mass is 244 g/mol. The predicted octanol–water partition coefficient (Wildman–Crippen LogP) is 2.91. The van der Waals surface area contributed by atoms with Gasteiger partial charge in [-0.3, -0.25) is 4.68 Å². The smallest absolute Gasteiger partial charge is 0.0797 e. The molecule has 0 aliphatic rings. The lowest BCUT2D eigenvalue weighted by Gasteiger charge is -2.09. The minimum atomic E-state index is -0.462. The van der Waals surface area contributed by atoms with E-state index in [2.05, 4.69) is 24.2 Å². The average Bonchev–Trinajstić information content (AvgIpc) is 2.57. The number of rotatable bonds is 3.